The molecule has 2 nitrogen and oxygen atoms in total. The molecule has 1 aliphatic rings. The van der Waals surface area contributed by atoms with Crippen LogP contribution in [0.3, 0.4) is 0 Å². The van der Waals surface area contributed by atoms with Gasteiger partial charge in [0.2, 0.25) is 0 Å². The van der Waals surface area contributed by atoms with Crippen molar-refractivity contribution in [2.75, 3.05) is 11.5 Å². The number of rotatable bonds is 3. The van der Waals surface area contributed by atoms with Crippen LogP contribution in [0.25, 0.3) is 0 Å². The van der Waals surface area contributed by atoms with E-state index in [1.807, 2.05) is 30.0 Å². The second-order valence-corrected chi connectivity index (χ2v) is 4.65. The predicted octanol–water partition coefficient (Wildman–Crippen LogP) is 1.25. The molecule has 1 aliphatic heterocycles. The topological polar surface area (TPSA) is 32.3 Å². The molecule has 1 fully saturated rings. The van der Waals surface area contributed by atoms with E-state index in [1.165, 1.54) is 5.56 Å². The molecule has 3 heteroatoms. The number of hydrogen-bond donors (Lipinski definition) is 2. The highest BCUT2D eigenvalue weighted by atomic mass is 32.2. The van der Waals surface area contributed by atoms with Crippen LogP contribution in [0.2, 0.25) is 0 Å². The lowest BCUT2D eigenvalue weighted by molar-refractivity contribution is 0.165. The van der Waals surface area contributed by atoms with Crippen molar-refractivity contribution in [2.45, 2.75) is 18.7 Å². The summed E-state index contributed by atoms with van der Waals surface area (Å²) in [5.74, 6) is 1.89. The molecule has 2 rings (SSSR count). The van der Waals surface area contributed by atoms with Crippen LogP contribution in [0.1, 0.15) is 5.56 Å². The van der Waals surface area contributed by atoms with Crippen molar-refractivity contribution < 1.29 is 5.11 Å². The van der Waals surface area contributed by atoms with Gasteiger partial charge in [-0.3, -0.25) is 0 Å². The lowest BCUT2D eigenvalue weighted by atomic mass is 10.2. The standard InChI is InChI=1S/C11H15NOS/c13-11-8-14-7-10(11)12-6-9-4-2-1-3-5-9/h1-5,10-13H,6-8H2/t10-,11+/m0/s1. The van der Waals surface area contributed by atoms with Crippen molar-refractivity contribution in [3.8, 4) is 0 Å². The summed E-state index contributed by atoms with van der Waals surface area (Å²) in [5.41, 5.74) is 1.27. The molecule has 0 amide bonds. The van der Waals surface area contributed by atoms with Gasteiger partial charge < -0.3 is 10.4 Å². The second kappa shape index (κ2) is 4.82. The van der Waals surface area contributed by atoms with E-state index in [0.29, 0.717) is 0 Å². The average Bonchev–Trinajstić information content (AvgIpc) is 2.63. The Labute approximate surface area is 88.7 Å². The van der Waals surface area contributed by atoms with Crippen molar-refractivity contribution in [2.24, 2.45) is 0 Å². The zero-order chi connectivity index (χ0) is 9.80. The van der Waals surface area contributed by atoms with Crippen molar-refractivity contribution in [1.82, 2.24) is 5.32 Å². The largest absolute Gasteiger partial charge is 0.391 e. The molecule has 1 saturated heterocycles. The zero-order valence-electron chi connectivity index (χ0n) is 8.02. The molecule has 0 aliphatic carbocycles. The summed E-state index contributed by atoms with van der Waals surface area (Å²) in [6, 6.07) is 10.6. The Kier molecular flexibility index (Phi) is 3.45. The van der Waals surface area contributed by atoms with E-state index >= 15 is 0 Å². The Hall–Kier alpha value is -0.510. The molecule has 1 aromatic rings. The minimum Gasteiger partial charge on any atom is -0.391 e. The van der Waals surface area contributed by atoms with E-state index < -0.39 is 0 Å². The first-order valence-electron chi connectivity index (χ1n) is 4.89. The third-order valence-electron chi connectivity index (χ3n) is 2.46. The summed E-state index contributed by atoms with van der Waals surface area (Å²) >= 11 is 1.81. The summed E-state index contributed by atoms with van der Waals surface area (Å²) in [4.78, 5) is 0. The highest BCUT2D eigenvalue weighted by Crippen LogP contribution is 2.18. The number of aliphatic hydroxyl groups is 1. The fourth-order valence-electron chi connectivity index (χ4n) is 1.58. The zero-order valence-corrected chi connectivity index (χ0v) is 8.83. The average molecular weight is 209 g/mol. The number of benzene rings is 1. The fourth-order valence-corrected chi connectivity index (χ4v) is 2.79. The molecule has 1 aromatic carbocycles. The van der Waals surface area contributed by atoms with Crippen molar-refractivity contribution in [3.63, 3.8) is 0 Å². The number of aliphatic hydroxyl groups excluding tert-OH is 1. The Morgan fingerprint density at radius 2 is 2.07 bits per heavy atom. The minimum atomic E-state index is -0.177. The summed E-state index contributed by atoms with van der Waals surface area (Å²) in [7, 11) is 0. The Bertz CT molecular complexity index is 278. The van der Waals surface area contributed by atoms with Crippen LogP contribution in [-0.2, 0) is 6.54 Å². The predicted molar refractivity (Wildman–Crippen MR) is 60.4 cm³/mol. The SMILES string of the molecule is O[C@@H]1CSC[C@@H]1NCc1ccccc1. The van der Waals surface area contributed by atoms with E-state index in [1.54, 1.807) is 0 Å². The van der Waals surface area contributed by atoms with E-state index in [-0.39, 0.29) is 12.1 Å². The molecule has 2 N–H and O–H groups in total. The van der Waals surface area contributed by atoms with Crippen LogP contribution in [0, 0.1) is 0 Å². The summed E-state index contributed by atoms with van der Waals surface area (Å²) in [5, 5.41) is 13.0. The van der Waals surface area contributed by atoms with Gasteiger partial charge in [-0.15, -0.1) is 0 Å². The van der Waals surface area contributed by atoms with E-state index in [2.05, 4.69) is 17.4 Å². The van der Waals surface area contributed by atoms with Crippen LogP contribution in [-0.4, -0.2) is 28.8 Å². The van der Waals surface area contributed by atoms with Gasteiger partial charge in [0.05, 0.1) is 6.10 Å². The van der Waals surface area contributed by atoms with Gasteiger partial charge in [-0.2, -0.15) is 11.8 Å². The Balaban J connectivity index is 1.82. The number of hydrogen-bond acceptors (Lipinski definition) is 3. The van der Waals surface area contributed by atoms with Gasteiger partial charge in [-0.05, 0) is 5.56 Å². The molecular weight excluding hydrogens is 194 g/mol. The molecule has 0 radical (unpaired) electrons. The molecule has 76 valence electrons. The molecule has 0 aromatic heterocycles. The van der Waals surface area contributed by atoms with Crippen LogP contribution in [0.15, 0.2) is 30.3 Å². The maximum absolute atomic E-state index is 9.58. The van der Waals surface area contributed by atoms with Crippen molar-refractivity contribution in [3.05, 3.63) is 35.9 Å². The molecule has 0 unspecified atom stereocenters. The van der Waals surface area contributed by atoms with Crippen LogP contribution in [0.4, 0.5) is 0 Å². The molecule has 0 spiro atoms. The van der Waals surface area contributed by atoms with E-state index in [0.717, 1.165) is 18.1 Å². The van der Waals surface area contributed by atoms with Gasteiger partial charge >= 0.3 is 0 Å². The van der Waals surface area contributed by atoms with Gasteiger partial charge in [0.25, 0.3) is 0 Å². The van der Waals surface area contributed by atoms with Gasteiger partial charge in [0.15, 0.2) is 0 Å². The molecule has 2 atom stereocenters. The first kappa shape index (κ1) is 10.0. The highest BCUT2D eigenvalue weighted by Gasteiger charge is 2.24. The van der Waals surface area contributed by atoms with Crippen molar-refractivity contribution >= 4 is 11.8 Å². The highest BCUT2D eigenvalue weighted by molar-refractivity contribution is 7.99. The van der Waals surface area contributed by atoms with Crippen molar-refractivity contribution in [1.29, 1.82) is 0 Å². The maximum atomic E-state index is 9.58. The van der Waals surface area contributed by atoms with Gasteiger partial charge in [0.1, 0.15) is 0 Å². The molecule has 0 bridgehead atoms. The van der Waals surface area contributed by atoms with E-state index in [9.17, 15) is 5.11 Å². The molecule has 14 heavy (non-hydrogen) atoms. The second-order valence-electron chi connectivity index (χ2n) is 3.58. The molecule has 0 saturated carbocycles. The molecular formula is C11H15NOS. The minimum absolute atomic E-state index is 0.177. The maximum Gasteiger partial charge on any atom is 0.0791 e. The van der Waals surface area contributed by atoms with Crippen LogP contribution >= 0.6 is 11.8 Å². The normalized spacial score (nSPS) is 26.6. The number of nitrogens with one attached hydrogen (secondary N) is 1. The van der Waals surface area contributed by atoms with Crippen LogP contribution < -0.4 is 5.32 Å². The first-order chi connectivity index (χ1) is 6.86. The van der Waals surface area contributed by atoms with Crippen LogP contribution in [0.5, 0.6) is 0 Å². The van der Waals surface area contributed by atoms with Gasteiger partial charge in [0, 0.05) is 24.1 Å². The lowest BCUT2D eigenvalue weighted by Crippen LogP contribution is -2.38. The fraction of sp³-hybridized carbons (Fsp3) is 0.455. The summed E-state index contributed by atoms with van der Waals surface area (Å²) < 4.78 is 0. The Morgan fingerprint density at radius 1 is 1.29 bits per heavy atom. The summed E-state index contributed by atoms with van der Waals surface area (Å²) in [6.45, 7) is 0.850. The number of thioether (sulfide) groups is 1. The van der Waals surface area contributed by atoms with Gasteiger partial charge in [-0.25, -0.2) is 0 Å². The third kappa shape index (κ3) is 2.50. The van der Waals surface area contributed by atoms with Gasteiger partial charge in [-0.1, -0.05) is 30.3 Å². The summed E-state index contributed by atoms with van der Waals surface area (Å²) in [6.07, 6.45) is -0.177. The third-order valence-corrected chi connectivity index (χ3v) is 3.63. The monoisotopic (exact) mass is 209 g/mol. The Morgan fingerprint density at radius 3 is 2.71 bits per heavy atom. The quantitative estimate of drug-likeness (QED) is 0.786. The smallest absolute Gasteiger partial charge is 0.0791 e. The first-order valence-corrected chi connectivity index (χ1v) is 6.05. The van der Waals surface area contributed by atoms with E-state index in [4.69, 9.17) is 0 Å². The molecule has 1 heterocycles. The lowest BCUT2D eigenvalue weighted by Gasteiger charge is -2.15.